The maximum Gasteiger partial charge on any atom is 0.0988 e. The SMILES string of the molecule is [CH2-]N1C2COCC23C2OC2C13. The molecule has 5 unspecified atom stereocenters. The molecule has 0 aromatic heterocycles. The van der Waals surface area contributed by atoms with Crippen LogP contribution in [0, 0.1) is 12.5 Å². The number of piperidine rings is 1. The van der Waals surface area contributed by atoms with E-state index in [0.717, 1.165) is 13.2 Å². The number of likely N-dealkylation sites (tertiary alicyclic amines) is 1. The van der Waals surface area contributed by atoms with Crippen LogP contribution in [0.4, 0.5) is 0 Å². The van der Waals surface area contributed by atoms with Crippen molar-refractivity contribution >= 4 is 0 Å². The predicted molar refractivity (Wildman–Crippen MR) is 36.7 cm³/mol. The zero-order valence-corrected chi connectivity index (χ0v) is 6.19. The minimum absolute atomic E-state index is 0.395. The van der Waals surface area contributed by atoms with E-state index in [1.807, 2.05) is 0 Å². The third-order valence-corrected chi connectivity index (χ3v) is 3.92. The fourth-order valence-electron chi connectivity index (χ4n) is 3.32. The Morgan fingerprint density at radius 3 is 3.36 bits per heavy atom. The zero-order chi connectivity index (χ0) is 7.22. The first-order valence-corrected chi connectivity index (χ1v) is 4.18. The fourth-order valence-corrected chi connectivity index (χ4v) is 3.32. The van der Waals surface area contributed by atoms with E-state index in [4.69, 9.17) is 9.47 Å². The standard InChI is InChI=1S/C8H10NO2/c1-9-4-2-10-3-8(4)6(9)5-7(8)11-5/h4-7H,1-3H2/q-1. The smallest absolute Gasteiger partial charge is 0.0988 e. The lowest BCUT2D eigenvalue weighted by Crippen LogP contribution is -2.79. The van der Waals surface area contributed by atoms with Crippen molar-refractivity contribution in [3.05, 3.63) is 7.05 Å². The molecule has 3 heterocycles. The van der Waals surface area contributed by atoms with Crippen molar-refractivity contribution in [2.24, 2.45) is 5.41 Å². The van der Waals surface area contributed by atoms with Crippen LogP contribution < -0.4 is 0 Å². The van der Waals surface area contributed by atoms with Crippen LogP contribution in [0.3, 0.4) is 0 Å². The molecule has 3 aliphatic heterocycles. The Morgan fingerprint density at radius 2 is 2.45 bits per heavy atom. The van der Waals surface area contributed by atoms with Gasteiger partial charge < -0.3 is 14.4 Å². The van der Waals surface area contributed by atoms with Crippen molar-refractivity contribution in [1.29, 1.82) is 0 Å². The number of ether oxygens (including phenoxy) is 2. The summed E-state index contributed by atoms with van der Waals surface area (Å²) < 4.78 is 11.0. The molecular formula is C8H10NO2-. The summed E-state index contributed by atoms with van der Waals surface area (Å²) >= 11 is 0. The number of hydrogen-bond acceptors (Lipinski definition) is 3. The molecule has 4 fully saturated rings. The molecule has 0 bridgehead atoms. The van der Waals surface area contributed by atoms with Crippen LogP contribution >= 0.6 is 0 Å². The second-order valence-corrected chi connectivity index (χ2v) is 4.12. The second kappa shape index (κ2) is 1.26. The summed E-state index contributed by atoms with van der Waals surface area (Å²) in [5.41, 5.74) is 0.395. The lowest BCUT2D eigenvalue weighted by Gasteiger charge is -2.67. The third-order valence-electron chi connectivity index (χ3n) is 3.92. The highest BCUT2D eigenvalue weighted by Crippen LogP contribution is 2.69. The highest BCUT2D eigenvalue weighted by atomic mass is 16.6. The van der Waals surface area contributed by atoms with Crippen molar-refractivity contribution in [3.63, 3.8) is 0 Å². The van der Waals surface area contributed by atoms with E-state index < -0.39 is 0 Å². The van der Waals surface area contributed by atoms with Gasteiger partial charge in [0, 0.05) is 12.1 Å². The van der Waals surface area contributed by atoms with Crippen LogP contribution in [-0.2, 0) is 9.47 Å². The van der Waals surface area contributed by atoms with Crippen LogP contribution in [0.15, 0.2) is 0 Å². The van der Waals surface area contributed by atoms with E-state index in [2.05, 4.69) is 11.9 Å². The summed E-state index contributed by atoms with van der Waals surface area (Å²) in [6.07, 6.45) is 1.06. The predicted octanol–water partition coefficient (Wildman–Crippen LogP) is -0.372. The summed E-state index contributed by atoms with van der Waals surface area (Å²) in [6.45, 7) is 1.78. The topological polar surface area (TPSA) is 25.0 Å². The lowest BCUT2D eigenvalue weighted by atomic mass is 9.54. The van der Waals surface area contributed by atoms with Crippen molar-refractivity contribution in [2.45, 2.75) is 24.3 Å². The van der Waals surface area contributed by atoms with E-state index in [0.29, 0.717) is 29.7 Å². The molecule has 11 heavy (non-hydrogen) atoms. The number of rotatable bonds is 0. The van der Waals surface area contributed by atoms with Crippen LogP contribution in [0.5, 0.6) is 0 Å². The molecule has 1 saturated carbocycles. The van der Waals surface area contributed by atoms with Crippen LogP contribution in [0.25, 0.3) is 0 Å². The zero-order valence-electron chi connectivity index (χ0n) is 6.19. The average Bonchev–Trinajstić information content (AvgIpc) is 2.58. The second-order valence-electron chi connectivity index (χ2n) is 4.12. The van der Waals surface area contributed by atoms with Crippen molar-refractivity contribution in [3.8, 4) is 0 Å². The van der Waals surface area contributed by atoms with Crippen molar-refractivity contribution in [2.75, 3.05) is 13.2 Å². The van der Waals surface area contributed by atoms with Gasteiger partial charge in [0.05, 0.1) is 30.8 Å². The number of hydrogen-bond donors (Lipinski definition) is 0. The molecular weight excluding hydrogens is 142 g/mol. The average molecular weight is 152 g/mol. The molecule has 4 rings (SSSR count). The van der Waals surface area contributed by atoms with E-state index in [-0.39, 0.29) is 0 Å². The Morgan fingerprint density at radius 1 is 1.55 bits per heavy atom. The van der Waals surface area contributed by atoms with Gasteiger partial charge in [0.1, 0.15) is 0 Å². The molecule has 0 radical (unpaired) electrons. The van der Waals surface area contributed by atoms with Crippen LogP contribution in [-0.4, -0.2) is 42.4 Å². The van der Waals surface area contributed by atoms with Gasteiger partial charge in [-0.15, -0.1) is 0 Å². The highest BCUT2D eigenvalue weighted by Gasteiger charge is 2.83. The van der Waals surface area contributed by atoms with E-state index >= 15 is 0 Å². The first-order chi connectivity index (χ1) is 5.36. The summed E-state index contributed by atoms with van der Waals surface area (Å²) in [6, 6.07) is 1.16. The van der Waals surface area contributed by atoms with Gasteiger partial charge in [-0.1, -0.05) is 0 Å². The molecule has 3 nitrogen and oxygen atoms in total. The minimum atomic E-state index is 0.395. The summed E-state index contributed by atoms with van der Waals surface area (Å²) in [5, 5.41) is 0. The van der Waals surface area contributed by atoms with E-state index in [1.165, 1.54) is 0 Å². The van der Waals surface area contributed by atoms with Gasteiger partial charge in [0.2, 0.25) is 0 Å². The van der Waals surface area contributed by atoms with Crippen LogP contribution in [0.1, 0.15) is 0 Å². The molecule has 0 amide bonds. The molecule has 0 aromatic carbocycles. The van der Waals surface area contributed by atoms with E-state index in [1.54, 1.807) is 0 Å². The highest BCUT2D eigenvalue weighted by molar-refractivity contribution is 5.35. The monoisotopic (exact) mass is 152 g/mol. The number of nitrogens with zero attached hydrogens (tertiary/aromatic N) is 1. The first kappa shape index (κ1) is 5.51. The molecule has 0 N–H and O–H groups in total. The Kier molecular flexibility index (Phi) is 0.631. The summed E-state index contributed by atoms with van der Waals surface area (Å²) in [7, 11) is 4.01. The molecule has 5 atom stereocenters. The van der Waals surface area contributed by atoms with Gasteiger partial charge in [-0.3, -0.25) is 7.05 Å². The molecule has 4 aliphatic rings. The lowest BCUT2D eigenvalue weighted by molar-refractivity contribution is -0.122. The fraction of sp³-hybridized carbons (Fsp3) is 0.875. The molecule has 0 aromatic rings. The van der Waals surface area contributed by atoms with Gasteiger partial charge in [0.25, 0.3) is 0 Å². The minimum Gasteiger partial charge on any atom is -0.449 e. The normalized spacial score (nSPS) is 70.6. The Hall–Kier alpha value is -0.120. The Bertz CT molecular complexity index is 236. The van der Waals surface area contributed by atoms with Crippen molar-refractivity contribution in [1.82, 2.24) is 4.90 Å². The molecule has 1 spiro atoms. The molecule has 1 aliphatic carbocycles. The van der Waals surface area contributed by atoms with Gasteiger partial charge in [0.15, 0.2) is 0 Å². The first-order valence-electron chi connectivity index (χ1n) is 4.18. The van der Waals surface area contributed by atoms with Gasteiger partial charge >= 0.3 is 0 Å². The largest absolute Gasteiger partial charge is 0.449 e. The van der Waals surface area contributed by atoms with Crippen molar-refractivity contribution < 1.29 is 9.47 Å². The quantitative estimate of drug-likeness (QED) is 0.350. The summed E-state index contributed by atoms with van der Waals surface area (Å²) in [4.78, 5) is 2.18. The van der Waals surface area contributed by atoms with Gasteiger partial charge in [-0.25, -0.2) is 0 Å². The van der Waals surface area contributed by atoms with Crippen LogP contribution in [0.2, 0.25) is 0 Å². The third kappa shape index (κ3) is 0.334. The Labute approximate surface area is 65.3 Å². The molecule has 3 saturated heterocycles. The van der Waals surface area contributed by atoms with E-state index in [9.17, 15) is 0 Å². The number of epoxide rings is 1. The maximum absolute atomic E-state index is 5.53. The molecule has 60 valence electrons. The van der Waals surface area contributed by atoms with Gasteiger partial charge in [-0.05, 0) is 0 Å². The summed E-state index contributed by atoms with van der Waals surface area (Å²) in [5.74, 6) is 0. The maximum atomic E-state index is 5.53. The number of fused-ring (bicyclic) bond motifs is 2. The molecule has 3 heteroatoms. The van der Waals surface area contributed by atoms with Gasteiger partial charge in [-0.2, -0.15) is 0 Å². The Balaban J connectivity index is 1.82.